The normalized spacial score (nSPS) is 11.5. The van der Waals surface area contributed by atoms with Crippen molar-refractivity contribution in [1.82, 2.24) is 0 Å². The molecule has 2 aromatic rings. The molecule has 5 heteroatoms. The fourth-order valence-corrected chi connectivity index (χ4v) is 2.05. The molecule has 0 amide bonds. The molecule has 0 aliphatic heterocycles. The Kier molecular flexibility index (Phi) is 6.08. The molecule has 0 aromatic heterocycles. The van der Waals surface area contributed by atoms with Crippen LogP contribution in [0.2, 0.25) is 0 Å². The lowest BCUT2D eigenvalue weighted by molar-refractivity contribution is -0.130. The highest BCUT2D eigenvalue weighted by Crippen LogP contribution is 2.34. The quantitative estimate of drug-likeness (QED) is 0.274. The number of aliphatic hydroxyl groups is 1. The van der Waals surface area contributed by atoms with Gasteiger partial charge in [0.15, 0.2) is 23.6 Å². The van der Waals surface area contributed by atoms with Gasteiger partial charge in [-0.1, -0.05) is 49.9 Å². The maximum Gasteiger partial charge on any atom is 0.338 e. The average molecular weight is 340 g/mol. The number of aliphatic hydroxyl groups excluding tert-OH is 1. The SMILES string of the molecule is C=C(C)C(=O)Oc1cccc(C(=O)c2ccccc2)c1OC(O)CC. The topological polar surface area (TPSA) is 72.8 Å². The van der Waals surface area contributed by atoms with E-state index in [1.807, 2.05) is 0 Å². The van der Waals surface area contributed by atoms with Crippen molar-refractivity contribution in [2.24, 2.45) is 0 Å². The summed E-state index contributed by atoms with van der Waals surface area (Å²) in [5, 5.41) is 9.86. The van der Waals surface area contributed by atoms with Crippen molar-refractivity contribution in [3.8, 4) is 11.5 Å². The van der Waals surface area contributed by atoms with Gasteiger partial charge < -0.3 is 14.6 Å². The van der Waals surface area contributed by atoms with E-state index in [9.17, 15) is 14.7 Å². The molecule has 0 aliphatic carbocycles. The third kappa shape index (κ3) is 4.55. The number of hydrogen-bond donors (Lipinski definition) is 1. The molecule has 130 valence electrons. The highest BCUT2D eigenvalue weighted by atomic mass is 16.6. The van der Waals surface area contributed by atoms with E-state index in [1.54, 1.807) is 49.4 Å². The minimum atomic E-state index is -1.13. The Hall–Kier alpha value is -2.92. The van der Waals surface area contributed by atoms with Crippen molar-refractivity contribution in [3.05, 3.63) is 71.8 Å². The van der Waals surface area contributed by atoms with Crippen LogP contribution < -0.4 is 9.47 Å². The van der Waals surface area contributed by atoms with E-state index in [2.05, 4.69) is 6.58 Å². The molecular weight excluding hydrogens is 320 g/mol. The number of para-hydroxylation sites is 1. The van der Waals surface area contributed by atoms with E-state index < -0.39 is 12.3 Å². The standard InChI is InChI=1S/C20H20O5/c1-4-17(21)25-19-15(18(22)14-9-6-5-7-10-14)11-8-12-16(19)24-20(23)13(2)3/h5-12,17,21H,2,4H2,1,3H3. The highest BCUT2D eigenvalue weighted by molar-refractivity contribution is 6.11. The van der Waals surface area contributed by atoms with Crippen molar-refractivity contribution >= 4 is 11.8 Å². The van der Waals surface area contributed by atoms with Crippen LogP contribution in [0.25, 0.3) is 0 Å². The molecule has 1 N–H and O–H groups in total. The summed E-state index contributed by atoms with van der Waals surface area (Å²) < 4.78 is 10.7. The Bertz CT molecular complexity index is 780. The van der Waals surface area contributed by atoms with Gasteiger partial charge in [-0.05, 0) is 19.1 Å². The third-order valence-electron chi connectivity index (χ3n) is 3.41. The van der Waals surface area contributed by atoms with Crippen LogP contribution in [-0.4, -0.2) is 23.1 Å². The number of benzene rings is 2. The van der Waals surface area contributed by atoms with Gasteiger partial charge in [-0.2, -0.15) is 0 Å². The molecule has 2 rings (SSSR count). The first-order chi connectivity index (χ1) is 11.9. The maximum atomic E-state index is 12.8. The second kappa shape index (κ2) is 8.26. The Labute approximate surface area is 146 Å². The first kappa shape index (κ1) is 18.4. The predicted molar refractivity (Wildman–Crippen MR) is 93.7 cm³/mol. The van der Waals surface area contributed by atoms with Gasteiger partial charge in [0, 0.05) is 17.6 Å². The van der Waals surface area contributed by atoms with E-state index in [1.165, 1.54) is 13.0 Å². The average Bonchev–Trinajstić information content (AvgIpc) is 2.62. The first-order valence-corrected chi connectivity index (χ1v) is 7.89. The molecule has 0 aliphatic rings. The molecule has 1 unspecified atom stereocenters. The van der Waals surface area contributed by atoms with Gasteiger partial charge in [0.25, 0.3) is 0 Å². The summed E-state index contributed by atoms with van der Waals surface area (Å²) in [6, 6.07) is 13.3. The number of hydrogen-bond acceptors (Lipinski definition) is 5. The van der Waals surface area contributed by atoms with Crippen LogP contribution in [0.3, 0.4) is 0 Å². The van der Waals surface area contributed by atoms with Crippen LogP contribution >= 0.6 is 0 Å². The summed E-state index contributed by atoms with van der Waals surface area (Å²) in [5.41, 5.74) is 0.870. The maximum absolute atomic E-state index is 12.8. The van der Waals surface area contributed by atoms with Gasteiger partial charge in [-0.3, -0.25) is 4.79 Å². The lowest BCUT2D eigenvalue weighted by Gasteiger charge is -2.18. The second-order valence-electron chi connectivity index (χ2n) is 5.48. The first-order valence-electron chi connectivity index (χ1n) is 7.89. The molecule has 25 heavy (non-hydrogen) atoms. The van der Waals surface area contributed by atoms with Crippen LogP contribution in [-0.2, 0) is 4.79 Å². The van der Waals surface area contributed by atoms with E-state index >= 15 is 0 Å². The summed E-state index contributed by atoms with van der Waals surface area (Å²) in [6.45, 7) is 6.78. The zero-order valence-electron chi connectivity index (χ0n) is 14.2. The molecule has 0 spiro atoms. The zero-order chi connectivity index (χ0) is 18.4. The van der Waals surface area contributed by atoms with Crippen molar-refractivity contribution in [1.29, 1.82) is 0 Å². The summed E-state index contributed by atoms with van der Waals surface area (Å²) in [6.07, 6.45) is -0.825. The largest absolute Gasteiger partial charge is 0.460 e. The van der Waals surface area contributed by atoms with Gasteiger partial charge in [-0.25, -0.2) is 4.79 Å². The molecule has 2 aromatic carbocycles. The minimum absolute atomic E-state index is 0.0281. The third-order valence-corrected chi connectivity index (χ3v) is 3.41. The van der Waals surface area contributed by atoms with Crippen LogP contribution in [0.5, 0.6) is 11.5 Å². The van der Waals surface area contributed by atoms with Crippen molar-refractivity contribution < 1.29 is 24.2 Å². The Morgan fingerprint density at radius 2 is 1.80 bits per heavy atom. The molecular formula is C20H20O5. The highest BCUT2D eigenvalue weighted by Gasteiger charge is 2.22. The molecule has 1 atom stereocenters. The fraction of sp³-hybridized carbons (Fsp3) is 0.200. The Morgan fingerprint density at radius 3 is 2.40 bits per heavy atom. The van der Waals surface area contributed by atoms with E-state index in [-0.39, 0.29) is 28.4 Å². The summed E-state index contributed by atoms with van der Waals surface area (Å²) >= 11 is 0. The summed E-state index contributed by atoms with van der Waals surface area (Å²) in [5.74, 6) is -0.852. The van der Waals surface area contributed by atoms with E-state index in [0.29, 0.717) is 12.0 Å². The summed E-state index contributed by atoms with van der Waals surface area (Å²) in [4.78, 5) is 24.6. The molecule has 0 fully saturated rings. The van der Waals surface area contributed by atoms with E-state index in [4.69, 9.17) is 9.47 Å². The van der Waals surface area contributed by atoms with Gasteiger partial charge in [0.2, 0.25) is 0 Å². The number of ether oxygens (including phenoxy) is 2. The van der Waals surface area contributed by atoms with Gasteiger partial charge in [0.05, 0.1) is 5.56 Å². The Morgan fingerprint density at radius 1 is 1.12 bits per heavy atom. The van der Waals surface area contributed by atoms with Crippen molar-refractivity contribution in [2.45, 2.75) is 26.6 Å². The van der Waals surface area contributed by atoms with Gasteiger partial charge >= 0.3 is 5.97 Å². The van der Waals surface area contributed by atoms with Crippen LogP contribution in [0, 0.1) is 0 Å². The van der Waals surface area contributed by atoms with Crippen LogP contribution in [0.15, 0.2) is 60.7 Å². The number of ketones is 1. The summed E-state index contributed by atoms with van der Waals surface area (Å²) in [7, 11) is 0. The molecule has 0 bridgehead atoms. The monoisotopic (exact) mass is 340 g/mol. The fourth-order valence-electron chi connectivity index (χ4n) is 2.05. The van der Waals surface area contributed by atoms with Crippen molar-refractivity contribution in [2.75, 3.05) is 0 Å². The van der Waals surface area contributed by atoms with Gasteiger partial charge in [0.1, 0.15) is 0 Å². The van der Waals surface area contributed by atoms with Crippen LogP contribution in [0.1, 0.15) is 36.2 Å². The molecule has 0 radical (unpaired) electrons. The number of carbonyl (C=O) groups is 2. The van der Waals surface area contributed by atoms with Gasteiger partial charge in [-0.15, -0.1) is 0 Å². The lowest BCUT2D eigenvalue weighted by Crippen LogP contribution is -2.18. The molecule has 0 heterocycles. The number of carbonyl (C=O) groups excluding carboxylic acids is 2. The van der Waals surface area contributed by atoms with Crippen LogP contribution in [0.4, 0.5) is 0 Å². The number of esters is 1. The smallest absolute Gasteiger partial charge is 0.338 e. The lowest BCUT2D eigenvalue weighted by atomic mass is 10.0. The molecule has 0 saturated heterocycles. The minimum Gasteiger partial charge on any atom is -0.460 e. The molecule has 0 saturated carbocycles. The molecule has 5 nitrogen and oxygen atoms in total. The van der Waals surface area contributed by atoms with Crippen molar-refractivity contribution in [3.63, 3.8) is 0 Å². The predicted octanol–water partition coefficient (Wildman–Crippen LogP) is 3.51. The zero-order valence-corrected chi connectivity index (χ0v) is 14.2. The number of rotatable bonds is 7. The Balaban J connectivity index is 2.49. The van der Waals surface area contributed by atoms with E-state index in [0.717, 1.165) is 0 Å². The second-order valence-corrected chi connectivity index (χ2v) is 5.48.